The number of methoxy groups -OCH3 is 1. The van der Waals surface area contributed by atoms with Gasteiger partial charge in [0.2, 0.25) is 0 Å². The minimum atomic E-state index is -0.0134. The molecule has 1 fully saturated rings. The lowest BCUT2D eigenvalue weighted by Gasteiger charge is -2.36. The number of rotatable bonds is 4. The number of ketones is 1. The van der Waals surface area contributed by atoms with Crippen molar-refractivity contribution in [2.45, 2.75) is 32.2 Å². The molecule has 0 radical (unpaired) electrons. The summed E-state index contributed by atoms with van der Waals surface area (Å²) in [5.74, 6) is 1.44. The zero-order valence-corrected chi connectivity index (χ0v) is 18.7. The van der Waals surface area contributed by atoms with Crippen molar-refractivity contribution in [3.63, 3.8) is 0 Å². The van der Waals surface area contributed by atoms with Crippen LogP contribution in [0.2, 0.25) is 0 Å². The molecule has 0 bridgehead atoms. The van der Waals surface area contributed by atoms with Gasteiger partial charge in [-0.25, -0.2) is 0 Å². The number of hydrogen-bond acceptors (Lipinski definition) is 6. The van der Waals surface area contributed by atoms with Crippen molar-refractivity contribution in [3.8, 4) is 17.1 Å². The number of carbonyl (C=O) groups is 1. The molecule has 1 saturated heterocycles. The first-order chi connectivity index (χ1) is 16.2. The number of fused-ring (bicyclic) bond motifs is 2. The molecule has 1 aromatic heterocycles. The summed E-state index contributed by atoms with van der Waals surface area (Å²) >= 11 is 0. The Morgan fingerprint density at radius 2 is 1.88 bits per heavy atom. The molecule has 3 aromatic carbocycles. The highest BCUT2D eigenvalue weighted by Gasteiger charge is 2.34. The number of hydrogen-bond donors (Lipinski definition) is 1. The molecular weight excluding hydrogens is 414 g/mol. The second-order valence-corrected chi connectivity index (χ2v) is 8.82. The molecule has 2 aliphatic rings. The van der Waals surface area contributed by atoms with Crippen LogP contribution in [0.3, 0.4) is 0 Å². The highest BCUT2D eigenvalue weighted by Crippen LogP contribution is 2.47. The number of nitrogens with one attached hydrogen (secondary N) is 1. The van der Waals surface area contributed by atoms with Crippen molar-refractivity contribution in [1.82, 2.24) is 5.16 Å². The molecule has 1 aliphatic heterocycles. The molecule has 33 heavy (non-hydrogen) atoms. The summed E-state index contributed by atoms with van der Waals surface area (Å²) in [6.45, 7) is 3.22. The SMILES string of the molecule is COc1ccc(Nc2cc(N3CCCCC3C)c3noc4c3c2C(=O)c2ccccc2-4)cc1. The lowest BCUT2D eigenvalue weighted by molar-refractivity contribution is 0.104. The van der Waals surface area contributed by atoms with Crippen LogP contribution in [0.5, 0.6) is 5.75 Å². The van der Waals surface area contributed by atoms with E-state index in [9.17, 15) is 4.79 Å². The molecule has 1 atom stereocenters. The van der Waals surface area contributed by atoms with Crippen LogP contribution in [0.1, 0.15) is 42.1 Å². The van der Waals surface area contributed by atoms with E-state index in [2.05, 4.69) is 28.4 Å². The van der Waals surface area contributed by atoms with Crippen LogP contribution in [0, 0.1) is 0 Å². The molecule has 1 unspecified atom stereocenters. The van der Waals surface area contributed by atoms with Gasteiger partial charge in [0.15, 0.2) is 11.5 Å². The smallest absolute Gasteiger partial charge is 0.196 e. The molecule has 166 valence electrons. The van der Waals surface area contributed by atoms with Gasteiger partial charge in [0, 0.05) is 29.4 Å². The summed E-state index contributed by atoms with van der Waals surface area (Å²) in [6.07, 6.45) is 3.50. The Hall–Kier alpha value is -3.80. The molecule has 1 N–H and O–H groups in total. The van der Waals surface area contributed by atoms with Crippen molar-refractivity contribution in [3.05, 3.63) is 65.7 Å². The van der Waals surface area contributed by atoms with E-state index in [1.165, 1.54) is 6.42 Å². The molecular formula is C27H25N3O3. The van der Waals surface area contributed by atoms with Crippen molar-refractivity contribution in [2.24, 2.45) is 0 Å². The first-order valence-electron chi connectivity index (χ1n) is 11.4. The largest absolute Gasteiger partial charge is 0.497 e. The summed E-state index contributed by atoms with van der Waals surface area (Å²) in [6, 6.07) is 17.8. The van der Waals surface area contributed by atoms with E-state index in [1.807, 2.05) is 48.5 Å². The minimum absolute atomic E-state index is 0.0134. The lowest BCUT2D eigenvalue weighted by atomic mass is 9.86. The summed E-state index contributed by atoms with van der Waals surface area (Å²) in [5, 5.41) is 8.79. The molecule has 0 spiro atoms. The van der Waals surface area contributed by atoms with Crippen LogP contribution in [-0.2, 0) is 0 Å². The van der Waals surface area contributed by atoms with Crippen LogP contribution in [0.4, 0.5) is 17.1 Å². The van der Waals surface area contributed by atoms with E-state index < -0.39 is 0 Å². The van der Waals surface area contributed by atoms with E-state index in [1.54, 1.807) is 7.11 Å². The molecule has 6 heteroatoms. The number of anilines is 3. The first kappa shape index (κ1) is 19.9. The number of ether oxygens (including phenoxy) is 1. The fourth-order valence-electron chi connectivity index (χ4n) is 5.15. The predicted molar refractivity (Wildman–Crippen MR) is 130 cm³/mol. The number of aromatic nitrogens is 1. The van der Waals surface area contributed by atoms with Gasteiger partial charge in [0.25, 0.3) is 0 Å². The van der Waals surface area contributed by atoms with E-state index in [0.717, 1.165) is 58.7 Å². The average Bonchev–Trinajstić information content (AvgIpc) is 3.29. The Morgan fingerprint density at radius 1 is 1.09 bits per heavy atom. The Morgan fingerprint density at radius 3 is 2.64 bits per heavy atom. The lowest BCUT2D eigenvalue weighted by Crippen LogP contribution is -2.37. The maximum Gasteiger partial charge on any atom is 0.196 e. The van der Waals surface area contributed by atoms with Crippen LogP contribution in [0.25, 0.3) is 22.2 Å². The monoisotopic (exact) mass is 439 g/mol. The maximum absolute atomic E-state index is 13.7. The second kappa shape index (κ2) is 7.66. The van der Waals surface area contributed by atoms with Crippen molar-refractivity contribution in [2.75, 3.05) is 23.9 Å². The fourth-order valence-corrected chi connectivity index (χ4v) is 5.15. The van der Waals surface area contributed by atoms with Crippen LogP contribution in [0.15, 0.2) is 59.1 Å². The van der Waals surface area contributed by atoms with Crippen molar-refractivity contribution >= 4 is 33.7 Å². The Balaban J connectivity index is 1.59. The van der Waals surface area contributed by atoms with Gasteiger partial charge < -0.3 is 19.5 Å². The maximum atomic E-state index is 13.7. The van der Waals surface area contributed by atoms with Gasteiger partial charge >= 0.3 is 0 Å². The van der Waals surface area contributed by atoms with Gasteiger partial charge in [0.1, 0.15) is 11.3 Å². The molecule has 6 rings (SSSR count). The predicted octanol–water partition coefficient (Wildman–Crippen LogP) is 6.17. The van der Waals surface area contributed by atoms with Crippen LogP contribution < -0.4 is 15.0 Å². The van der Waals surface area contributed by atoms with Gasteiger partial charge in [-0.15, -0.1) is 0 Å². The summed E-state index contributed by atoms with van der Waals surface area (Å²) < 4.78 is 11.2. The first-order valence-corrected chi connectivity index (χ1v) is 11.4. The zero-order valence-electron chi connectivity index (χ0n) is 18.7. The summed E-state index contributed by atoms with van der Waals surface area (Å²) in [4.78, 5) is 16.1. The van der Waals surface area contributed by atoms with E-state index >= 15 is 0 Å². The number of benzene rings is 3. The van der Waals surface area contributed by atoms with E-state index in [4.69, 9.17) is 9.26 Å². The molecule has 4 aromatic rings. The number of nitrogens with zero attached hydrogens (tertiary/aromatic N) is 2. The molecule has 0 saturated carbocycles. The zero-order chi connectivity index (χ0) is 22.5. The van der Waals surface area contributed by atoms with Crippen molar-refractivity contribution in [1.29, 1.82) is 0 Å². The third kappa shape index (κ3) is 3.09. The van der Waals surface area contributed by atoms with Gasteiger partial charge in [-0.2, -0.15) is 0 Å². The third-order valence-corrected chi connectivity index (χ3v) is 6.86. The highest BCUT2D eigenvalue weighted by atomic mass is 16.5. The second-order valence-electron chi connectivity index (χ2n) is 8.82. The summed E-state index contributed by atoms with van der Waals surface area (Å²) in [7, 11) is 1.65. The molecule has 2 heterocycles. The quantitative estimate of drug-likeness (QED) is 0.361. The number of piperidine rings is 1. The van der Waals surface area contributed by atoms with Gasteiger partial charge in [-0.3, -0.25) is 4.79 Å². The Labute approximate surface area is 192 Å². The fraction of sp³-hybridized carbons (Fsp3) is 0.259. The van der Waals surface area contributed by atoms with Gasteiger partial charge in [-0.05, 0) is 56.5 Å². The van der Waals surface area contributed by atoms with Gasteiger partial charge in [-0.1, -0.05) is 29.4 Å². The average molecular weight is 440 g/mol. The molecule has 0 amide bonds. The topological polar surface area (TPSA) is 67.6 Å². The normalized spacial score (nSPS) is 17.2. The van der Waals surface area contributed by atoms with Crippen molar-refractivity contribution < 1.29 is 14.1 Å². The van der Waals surface area contributed by atoms with Crippen LogP contribution >= 0.6 is 0 Å². The number of carbonyl (C=O) groups excluding carboxylic acids is 1. The Bertz CT molecular complexity index is 1370. The standard InChI is InChI=1S/C27H25N3O3/c1-16-7-5-6-14-30(16)22-15-21(28-17-10-12-18(32-2)13-11-17)23-24-25(22)29-33-27(24)20-9-4-3-8-19(20)26(23)31/h3-4,8-13,15-16,28H,5-7,14H2,1-2H3. The molecule has 1 aliphatic carbocycles. The third-order valence-electron chi connectivity index (χ3n) is 6.86. The van der Waals surface area contributed by atoms with Gasteiger partial charge in [0.05, 0.1) is 29.4 Å². The summed E-state index contributed by atoms with van der Waals surface area (Å²) in [5.41, 5.74) is 5.48. The van der Waals surface area contributed by atoms with E-state index in [-0.39, 0.29) is 5.78 Å². The Kier molecular flexibility index (Phi) is 4.61. The van der Waals surface area contributed by atoms with Crippen LogP contribution in [-0.4, -0.2) is 30.6 Å². The highest BCUT2D eigenvalue weighted by molar-refractivity contribution is 6.28. The van der Waals surface area contributed by atoms with E-state index in [0.29, 0.717) is 22.9 Å². The molecule has 6 nitrogen and oxygen atoms in total. The minimum Gasteiger partial charge on any atom is -0.497 e.